The molecule has 14 N–H and O–H groups in total. The van der Waals surface area contributed by atoms with Gasteiger partial charge >= 0.3 is 36.4 Å². The van der Waals surface area contributed by atoms with E-state index in [0.717, 1.165) is 34.1 Å². The van der Waals surface area contributed by atoms with Gasteiger partial charge < -0.3 is 90.7 Å². The molecule has 5 rings (SSSR count). The lowest BCUT2D eigenvalue weighted by atomic mass is 9.91. The maximum Gasteiger partial charge on any atom is 0.508 e. The van der Waals surface area contributed by atoms with Crippen molar-refractivity contribution in [3.05, 3.63) is 47.9 Å². The number of cyclic esters (lactones) is 4. The van der Waals surface area contributed by atoms with Gasteiger partial charge in [-0.25, -0.2) is 55.0 Å². The number of amides is 4. The van der Waals surface area contributed by atoms with E-state index in [-0.39, 0.29) is 61.7 Å². The van der Waals surface area contributed by atoms with E-state index in [4.69, 9.17) is 69.7 Å². The van der Waals surface area contributed by atoms with E-state index in [1.807, 2.05) is 0 Å². The van der Waals surface area contributed by atoms with Gasteiger partial charge in [0.15, 0.2) is 48.5 Å². The molecule has 0 bridgehead atoms. The fraction of sp³-hybridized carbons (Fsp3) is 0.545. The smallest absolute Gasteiger partial charge is 0.477 e. The van der Waals surface area contributed by atoms with Crippen LogP contribution in [0.4, 0.5) is 19.2 Å². The molecule has 0 aliphatic carbocycles. The summed E-state index contributed by atoms with van der Waals surface area (Å²) in [7, 11) is -6.44. The normalized spacial score (nSPS) is 23.1. The van der Waals surface area contributed by atoms with Crippen molar-refractivity contribution in [2.24, 2.45) is 11.5 Å². The van der Waals surface area contributed by atoms with Crippen molar-refractivity contribution in [3.63, 3.8) is 0 Å². The molecule has 4 heterocycles. The lowest BCUT2D eigenvalue weighted by molar-refractivity contribution is -0.148. The molecule has 80 heavy (non-hydrogen) atoms. The third-order valence-corrected chi connectivity index (χ3v) is 14.6. The fourth-order valence-corrected chi connectivity index (χ4v) is 10.5. The van der Waals surface area contributed by atoms with Gasteiger partial charge in [0.05, 0.1) is 48.2 Å². The van der Waals surface area contributed by atoms with Crippen molar-refractivity contribution in [2.45, 2.75) is 110 Å². The van der Waals surface area contributed by atoms with Crippen LogP contribution in [0.1, 0.15) is 39.5 Å². The number of hydrogen-bond donors (Lipinski definition) is 12. The molecule has 4 amide bonds. The van der Waals surface area contributed by atoms with Crippen LogP contribution in [0.2, 0.25) is 0 Å². The van der Waals surface area contributed by atoms with E-state index >= 15 is 0 Å². The van der Waals surface area contributed by atoms with Crippen molar-refractivity contribution < 1.29 is 103 Å². The Morgan fingerprint density at radius 3 is 1.31 bits per heavy atom. The predicted octanol–water partition coefficient (Wildman–Crippen LogP) is -3.31. The summed E-state index contributed by atoms with van der Waals surface area (Å²) >= 11 is 0. The van der Waals surface area contributed by atoms with E-state index < -0.39 is 166 Å². The number of alkyl carbamates (subject to hydrolysis) is 2. The summed E-state index contributed by atoms with van der Waals surface area (Å²) in [6, 6.07) is -0.0993. The molecule has 10 atom stereocenters. The largest absolute Gasteiger partial charge is 0.508 e. The molecule has 36 heteroatoms. The number of ether oxygens (including phenoxy) is 10. The standard InChI is InChI=1S/C44H62N12O22S2/c1-21(57)53-31-25(55-39(45)46)17-27(37(59)69-3)73-35(31)33(29-19-71-43(63)75-29)77-41(61)49-12-5-7-14-51-79(65,66)23-10-9-11-24(16-23)80(67,68)52-15-8-6-13-50-42(62)78-34(30-20-72-44(64)76-30)36-32(54-22(2)58)26(56-40(47)48)18-28(74-36)38(60)70-4/h9-11,16-18,25-26,29-36,51-52H,5-8,12-15,19-20H2,1-4H3,(H,49,61)(H,50,62)(H,53,57)(H,54,58)(H4,45,46,55)(H4,47,48,56)/t25-,26-,29+,30+,31+,32+,33+,34+,35+,36+/m0/s1. The highest BCUT2D eigenvalue weighted by molar-refractivity contribution is 7.90. The van der Waals surface area contributed by atoms with E-state index in [1.54, 1.807) is 0 Å². The Hall–Kier alpha value is -8.38. The highest BCUT2D eigenvalue weighted by atomic mass is 32.2. The third-order valence-electron chi connectivity index (χ3n) is 11.7. The minimum Gasteiger partial charge on any atom is -0.477 e. The lowest BCUT2D eigenvalue weighted by Gasteiger charge is -2.41. The number of esters is 2. The molecular formula is C44H62N12O22S2. The van der Waals surface area contributed by atoms with Crippen LogP contribution >= 0.6 is 0 Å². The van der Waals surface area contributed by atoms with Gasteiger partial charge in [0.1, 0.15) is 13.2 Å². The zero-order chi connectivity index (χ0) is 58.9. The second-order valence-corrected chi connectivity index (χ2v) is 21.1. The van der Waals surface area contributed by atoms with Gasteiger partial charge in [-0.3, -0.25) is 20.4 Å². The molecule has 2 fully saturated rings. The molecule has 34 nitrogen and oxygen atoms in total. The molecule has 0 unspecified atom stereocenters. The Morgan fingerprint density at radius 2 is 0.988 bits per heavy atom. The van der Waals surface area contributed by atoms with Crippen LogP contribution in [0.3, 0.4) is 0 Å². The van der Waals surface area contributed by atoms with Crippen LogP contribution in [-0.4, -0.2) is 191 Å². The van der Waals surface area contributed by atoms with Crippen LogP contribution in [0.5, 0.6) is 0 Å². The van der Waals surface area contributed by atoms with E-state index in [0.29, 0.717) is 0 Å². The number of nitrogens with one attached hydrogen (secondary N) is 10. The third kappa shape index (κ3) is 17.8. The first-order valence-corrected chi connectivity index (χ1v) is 27.1. The highest BCUT2D eigenvalue weighted by Crippen LogP contribution is 2.30. The average Bonchev–Trinajstić information content (AvgIpc) is 4.04. The predicted molar refractivity (Wildman–Crippen MR) is 267 cm³/mol. The quantitative estimate of drug-likeness (QED) is 0.0142. The fourth-order valence-electron chi connectivity index (χ4n) is 8.19. The molecule has 2 saturated heterocycles. The number of rotatable bonds is 26. The lowest BCUT2D eigenvalue weighted by Crippen LogP contribution is -2.64. The van der Waals surface area contributed by atoms with E-state index in [9.17, 15) is 55.2 Å². The minimum absolute atomic E-state index is 0.0934. The number of benzene rings is 1. The first kappa shape index (κ1) is 62.5. The summed E-state index contributed by atoms with van der Waals surface area (Å²) in [4.78, 5) is 99.2. The Labute approximate surface area is 456 Å². The number of guanidine groups is 2. The molecule has 442 valence electrons. The van der Waals surface area contributed by atoms with Gasteiger partial charge in [-0.2, -0.15) is 0 Å². The van der Waals surface area contributed by atoms with Crippen molar-refractivity contribution in [3.8, 4) is 0 Å². The molecule has 1 aromatic carbocycles. The van der Waals surface area contributed by atoms with Crippen LogP contribution in [0.15, 0.2) is 57.7 Å². The van der Waals surface area contributed by atoms with Gasteiger partial charge in [-0.15, -0.1) is 0 Å². The minimum atomic E-state index is -4.28. The van der Waals surface area contributed by atoms with Crippen LogP contribution < -0.4 is 52.8 Å². The Bertz CT molecular complexity index is 2620. The summed E-state index contributed by atoms with van der Waals surface area (Å²) in [5.41, 5.74) is 11.1. The van der Waals surface area contributed by atoms with Crippen molar-refractivity contribution in [1.82, 2.24) is 41.3 Å². The number of sulfonamides is 2. The molecular weight excluding hydrogens is 1110 g/mol. The molecule has 0 aromatic heterocycles. The summed E-state index contributed by atoms with van der Waals surface area (Å²) in [5, 5.41) is 30.8. The maximum absolute atomic E-state index is 13.2. The monoisotopic (exact) mass is 1170 g/mol. The summed E-state index contributed by atoms with van der Waals surface area (Å²) < 4.78 is 110. The molecule has 4 aliphatic rings. The average molecular weight is 1180 g/mol. The highest BCUT2D eigenvalue weighted by Gasteiger charge is 2.52. The van der Waals surface area contributed by atoms with Crippen LogP contribution in [0, 0.1) is 10.8 Å². The molecule has 1 aromatic rings. The summed E-state index contributed by atoms with van der Waals surface area (Å²) in [6.45, 7) is 0.937. The number of unbranched alkanes of at least 4 members (excludes halogenated alkanes) is 2. The molecule has 0 radical (unpaired) electrons. The zero-order valence-electron chi connectivity index (χ0n) is 43.3. The Morgan fingerprint density at radius 1 is 0.613 bits per heavy atom. The van der Waals surface area contributed by atoms with Crippen LogP contribution in [0.25, 0.3) is 0 Å². The second kappa shape index (κ2) is 28.5. The van der Waals surface area contributed by atoms with Gasteiger partial charge in [-0.1, -0.05) is 6.07 Å². The van der Waals surface area contributed by atoms with E-state index in [2.05, 4.69) is 41.3 Å². The molecule has 4 aliphatic heterocycles. The molecule has 0 saturated carbocycles. The number of methoxy groups -OCH3 is 2. The van der Waals surface area contributed by atoms with Crippen LogP contribution in [-0.2, 0) is 86.6 Å². The van der Waals surface area contributed by atoms with E-state index in [1.165, 1.54) is 30.4 Å². The van der Waals surface area contributed by atoms with Gasteiger partial charge in [0, 0.05) is 40.0 Å². The zero-order valence-corrected chi connectivity index (χ0v) is 44.9. The number of hydrogen-bond acceptors (Lipinski definition) is 24. The van der Waals surface area contributed by atoms with Gasteiger partial charge in [0.25, 0.3) is 0 Å². The van der Waals surface area contributed by atoms with Crippen molar-refractivity contribution in [1.29, 1.82) is 10.8 Å². The van der Waals surface area contributed by atoms with Crippen molar-refractivity contribution >= 4 is 80.2 Å². The van der Waals surface area contributed by atoms with Gasteiger partial charge in [0.2, 0.25) is 43.4 Å². The number of carbonyl (C=O) groups is 8. The topological polar surface area (TPSA) is 493 Å². The second-order valence-electron chi connectivity index (χ2n) is 17.5. The molecule has 0 spiro atoms. The van der Waals surface area contributed by atoms with Gasteiger partial charge in [-0.05, 0) is 56.0 Å². The first-order valence-electron chi connectivity index (χ1n) is 24.2. The summed E-state index contributed by atoms with van der Waals surface area (Å²) in [6.07, 6.45) is -10.1. The first-order chi connectivity index (χ1) is 37.8. The number of carbonyl (C=O) groups excluding carboxylic acids is 8. The summed E-state index contributed by atoms with van der Waals surface area (Å²) in [5.74, 6) is -5.13. The number of nitrogens with two attached hydrogens (primary N) is 2. The maximum atomic E-state index is 13.2. The SMILES string of the molecule is COC(=O)C1=C[C@H](NC(=N)N)[C@@H](NC(C)=O)[C@H]([C@H](OC(=O)NCCCCNS(=O)(=O)c2cccc(S(=O)(=O)NCCCCNC(=O)O[C@@H]([C@@H]3OC(C(=O)OC)=C[C@H](NC(=N)N)[C@H]3NC(C)=O)[C@H]3COC(=O)O3)c2)[C@H]2COC(=O)O2)O1. The Balaban J connectivity index is 1.10. The Kier molecular flexibility index (Phi) is 22.2. The van der Waals surface area contributed by atoms with Crippen molar-refractivity contribution in [2.75, 3.05) is 53.6 Å².